The number of carbonyl (C=O) groups is 1. The van der Waals surface area contributed by atoms with Gasteiger partial charge in [0, 0.05) is 18.7 Å². The van der Waals surface area contributed by atoms with Crippen molar-refractivity contribution in [2.45, 2.75) is 19.8 Å². The summed E-state index contributed by atoms with van der Waals surface area (Å²) in [6.45, 7) is 4.88. The first-order valence-corrected chi connectivity index (χ1v) is 6.78. The van der Waals surface area contributed by atoms with E-state index in [1.165, 1.54) is 0 Å². The zero-order valence-corrected chi connectivity index (χ0v) is 12.5. The number of likely N-dealkylation sites (tertiary alicyclic amines) is 1. The largest absolute Gasteiger partial charge is 0.338 e. The Labute approximate surface area is 121 Å². The van der Waals surface area contributed by atoms with Crippen molar-refractivity contribution < 1.29 is 4.79 Å². The Balaban J connectivity index is 0.00000180. The molecule has 0 spiro atoms. The van der Waals surface area contributed by atoms with Crippen LogP contribution in [0, 0.1) is 5.92 Å². The number of hydrogen-bond donors (Lipinski definition) is 1. The normalized spacial score (nSPS) is 18.2. The third-order valence-corrected chi connectivity index (χ3v) is 3.69. The fraction of sp³-hybridized carbons (Fsp3) is 0.533. The van der Waals surface area contributed by atoms with E-state index in [4.69, 9.17) is 0 Å². The molecular weight excluding hydrogens is 260 g/mol. The zero-order valence-electron chi connectivity index (χ0n) is 11.7. The molecule has 1 aromatic carbocycles. The molecule has 0 bridgehead atoms. The number of nitrogens with zero attached hydrogens (tertiary/aromatic N) is 1. The maximum atomic E-state index is 12.5. The first-order valence-electron chi connectivity index (χ1n) is 6.78. The van der Waals surface area contributed by atoms with E-state index < -0.39 is 0 Å². The first kappa shape index (κ1) is 16.0. The predicted molar refractivity (Wildman–Crippen MR) is 81.0 cm³/mol. The lowest BCUT2D eigenvalue weighted by atomic mass is 10.0. The second kappa shape index (κ2) is 7.51. The molecule has 106 valence electrons. The van der Waals surface area contributed by atoms with Gasteiger partial charge >= 0.3 is 0 Å². The zero-order chi connectivity index (χ0) is 13.0. The third kappa shape index (κ3) is 3.71. The molecule has 1 fully saturated rings. The Morgan fingerprint density at radius 3 is 2.84 bits per heavy atom. The van der Waals surface area contributed by atoms with Crippen molar-refractivity contribution in [3.63, 3.8) is 0 Å². The molecule has 0 saturated carbocycles. The van der Waals surface area contributed by atoms with Crippen LogP contribution < -0.4 is 5.32 Å². The maximum Gasteiger partial charge on any atom is 0.254 e. The molecule has 1 aromatic rings. The van der Waals surface area contributed by atoms with Crippen molar-refractivity contribution in [2.75, 3.05) is 26.7 Å². The number of benzene rings is 1. The van der Waals surface area contributed by atoms with Crippen molar-refractivity contribution in [1.82, 2.24) is 10.2 Å². The molecule has 1 atom stereocenters. The lowest BCUT2D eigenvalue weighted by Gasteiger charge is -2.18. The molecule has 4 heteroatoms. The lowest BCUT2D eigenvalue weighted by Crippen LogP contribution is -2.31. The van der Waals surface area contributed by atoms with Gasteiger partial charge < -0.3 is 10.2 Å². The second-order valence-corrected chi connectivity index (χ2v) is 4.97. The van der Waals surface area contributed by atoms with Crippen molar-refractivity contribution in [3.05, 3.63) is 35.4 Å². The number of rotatable bonds is 4. The maximum absolute atomic E-state index is 12.5. The van der Waals surface area contributed by atoms with E-state index in [-0.39, 0.29) is 18.3 Å². The molecule has 0 radical (unpaired) electrons. The molecule has 2 rings (SSSR count). The van der Waals surface area contributed by atoms with E-state index in [1.54, 1.807) is 0 Å². The summed E-state index contributed by atoms with van der Waals surface area (Å²) in [5.41, 5.74) is 2.03. The minimum Gasteiger partial charge on any atom is -0.338 e. The molecule has 0 aliphatic carbocycles. The molecule has 3 nitrogen and oxygen atoms in total. The summed E-state index contributed by atoms with van der Waals surface area (Å²) in [7, 11) is 1.97. The summed E-state index contributed by atoms with van der Waals surface area (Å²) < 4.78 is 0. The second-order valence-electron chi connectivity index (χ2n) is 4.97. The van der Waals surface area contributed by atoms with Crippen LogP contribution in [0.25, 0.3) is 0 Å². The van der Waals surface area contributed by atoms with Crippen LogP contribution in [0.15, 0.2) is 24.3 Å². The minimum atomic E-state index is 0. The fourth-order valence-corrected chi connectivity index (χ4v) is 2.68. The van der Waals surface area contributed by atoms with Gasteiger partial charge in [-0.25, -0.2) is 0 Å². The SMILES string of the molecule is CCc1ccccc1C(=O)N1CCC(CNC)C1.Cl. The Kier molecular flexibility index (Phi) is 6.32. The van der Waals surface area contributed by atoms with E-state index in [0.29, 0.717) is 5.92 Å². The number of nitrogens with one attached hydrogen (secondary N) is 1. The van der Waals surface area contributed by atoms with E-state index in [2.05, 4.69) is 12.2 Å². The van der Waals surface area contributed by atoms with Crippen LogP contribution in [-0.4, -0.2) is 37.5 Å². The highest BCUT2D eigenvalue weighted by Crippen LogP contribution is 2.20. The summed E-state index contributed by atoms with van der Waals surface area (Å²) >= 11 is 0. The highest BCUT2D eigenvalue weighted by Gasteiger charge is 2.27. The van der Waals surface area contributed by atoms with Gasteiger partial charge in [-0.05, 0) is 44.0 Å². The van der Waals surface area contributed by atoms with E-state index in [0.717, 1.165) is 43.6 Å². The van der Waals surface area contributed by atoms with E-state index in [1.807, 2.05) is 36.2 Å². The molecule has 0 aromatic heterocycles. The monoisotopic (exact) mass is 282 g/mol. The summed E-state index contributed by atoms with van der Waals surface area (Å²) in [6, 6.07) is 7.96. The van der Waals surface area contributed by atoms with Gasteiger partial charge in [-0.2, -0.15) is 0 Å². The summed E-state index contributed by atoms with van der Waals surface area (Å²) in [5, 5.41) is 3.19. The minimum absolute atomic E-state index is 0. The van der Waals surface area contributed by atoms with Crippen LogP contribution in [-0.2, 0) is 6.42 Å². The molecule has 1 saturated heterocycles. The molecule has 1 aliphatic rings. The van der Waals surface area contributed by atoms with Crippen molar-refractivity contribution in [3.8, 4) is 0 Å². The molecule has 19 heavy (non-hydrogen) atoms. The summed E-state index contributed by atoms with van der Waals surface area (Å²) in [6.07, 6.45) is 2.02. The van der Waals surface area contributed by atoms with E-state index >= 15 is 0 Å². The highest BCUT2D eigenvalue weighted by molar-refractivity contribution is 5.95. The smallest absolute Gasteiger partial charge is 0.254 e. The van der Waals surface area contributed by atoms with Crippen LogP contribution in [0.1, 0.15) is 29.3 Å². The number of amides is 1. The quantitative estimate of drug-likeness (QED) is 0.919. The van der Waals surface area contributed by atoms with Crippen molar-refractivity contribution in [1.29, 1.82) is 0 Å². The average Bonchev–Trinajstić information content (AvgIpc) is 2.87. The molecule has 1 aliphatic heterocycles. The van der Waals surface area contributed by atoms with Crippen molar-refractivity contribution in [2.24, 2.45) is 5.92 Å². The molecule has 1 N–H and O–H groups in total. The van der Waals surface area contributed by atoms with Gasteiger partial charge in [-0.1, -0.05) is 25.1 Å². The Hall–Kier alpha value is -1.06. The van der Waals surface area contributed by atoms with Crippen LogP contribution in [0.4, 0.5) is 0 Å². The van der Waals surface area contributed by atoms with Crippen LogP contribution in [0.2, 0.25) is 0 Å². The molecule has 1 heterocycles. The Bertz CT molecular complexity index is 422. The third-order valence-electron chi connectivity index (χ3n) is 3.69. The van der Waals surface area contributed by atoms with Gasteiger partial charge in [-0.3, -0.25) is 4.79 Å². The number of halogens is 1. The summed E-state index contributed by atoms with van der Waals surface area (Å²) in [5.74, 6) is 0.804. The standard InChI is InChI=1S/C15H22N2O.ClH/c1-3-13-6-4-5-7-14(13)15(18)17-9-8-12(11-17)10-16-2;/h4-7,12,16H,3,8-11H2,1-2H3;1H. The first-order chi connectivity index (χ1) is 8.76. The van der Waals surface area contributed by atoms with Crippen molar-refractivity contribution >= 4 is 18.3 Å². The fourth-order valence-electron chi connectivity index (χ4n) is 2.68. The van der Waals surface area contributed by atoms with Crippen LogP contribution in [0.3, 0.4) is 0 Å². The molecule has 1 unspecified atom stereocenters. The number of hydrogen-bond acceptors (Lipinski definition) is 2. The van der Waals surface area contributed by atoms with Gasteiger partial charge in [0.05, 0.1) is 0 Å². The topological polar surface area (TPSA) is 32.3 Å². The van der Waals surface area contributed by atoms with Gasteiger partial charge in [0.2, 0.25) is 0 Å². The molecule has 1 amide bonds. The predicted octanol–water partition coefficient (Wildman–Crippen LogP) is 2.35. The Morgan fingerprint density at radius 1 is 1.42 bits per heavy atom. The number of aryl methyl sites for hydroxylation is 1. The average molecular weight is 283 g/mol. The molecular formula is C15H23ClN2O. The van der Waals surface area contributed by atoms with Crippen LogP contribution >= 0.6 is 12.4 Å². The summed E-state index contributed by atoms with van der Waals surface area (Å²) in [4.78, 5) is 14.5. The highest BCUT2D eigenvalue weighted by atomic mass is 35.5. The Morgan fingerprint density at radius 2 is 2.16 bits per heavy atom. The van der Waals surface area contributed by atoms with Crippen LogP contribution in [0.5, 0.6) is 0 Å². The van der Waals surface area contributed by atoms with Gasteiger partial charge in [0.15, 0.2) is 0 Å². The lowest BCUT2D eigenvalue weighted by molar-refractivity contribution is 0.0786. The van der Waals surface area contributed by atoms with Gasteiger partial charge in [0.25, 0.3) is 5.91 Å². The van der Waals surface area contributed by atoms with Gasteiger partial charge in [0.1, 0.15) is 0 Å². The van der Waals surface area contributed by atoms with E-state index in [9.17, 15) is 4.79 Å². The van der Waals surface area contributed by atoms with Gasteiger partial charge in [-0.15, -0.1) is 12.4 Å². The number of carbonyl (C=O) groups excluding carboxylic acids is 1.